The average molecular weight is 539 g/mol. The number of fused-ring (bicyclic) bond motifs is 1. The number of nitrogens with zero attached hydrogens (tertiary/aromatic N) is 2. The third-order valence-corrected chi connectivity index (χ3v) is 8.61. The molecule has 1 amide bonds. The first kappa shape index (κ1) is 28.0. The molecule has 0 bridgehead atoms. The molecule has 1 aromatic heterocycles. The zero-order valence-corrected chi connectivity index (χ0v) is 23.2. The molecule has 0 aliphatic carbocycles. The highest BCUT2D eigenvalue weighted by atomic mass is 32.2. The summed E-state index contributed by atoms with van der Waals surface area (Å²) in [6.07, 6.45) is 2.05. The number of amides is 1. The lowest BCUT2D eigenvalue weighted by molar-refractivity contribution is -0.135. The van der Waals surface area contributed by atoms with Crippen LogP contribution in [0, 0.1) is 5.92 Å². The van der Waals surface area contributed by atoms with E-state index in [0.29, 0.717) is 18.8 Å². The van der Waals surface area contributed by atoms with Crippen LogP contribution in [0.2, 0.25) is 0 Å². The van der Waals surface area contributed by atoms with Crippen molar-refractivity contribution in [1.82, 2.24) is 19.6 Å². The fourth-order valence-corrected chi connectivity index (χ4v) is 6.56. The maximum atomic E-state index is 13.5. The summed E-state index contributed by atoms with van der Waals surface area (Å²) in [5.41, 5.74) is 2.74. The quantitative estimate of drug-likeness (QED) is 0.347. The van der Waals surface area contributed by atoms with Crippen LogP contribution in [0.25, 0.3) is 11.0 Å². The van der Waals surface area contributed by atoms with Crippen LogP contribution in [-0.4, -0.2) is 53.3 Å². The van der Waals surface area contributed by atoms with E-state index in [0.717, 1.165) is 29.4 Å². The van der Waals surface area contributed by atoms with Gasteiger partial charge in [-0.05, 0) is 42.9 Å². The molecular weight excluding hydrogens is 500 g/mol. The summed E-state index contributed by atoms with van der Waals surface area (Å²) in [5, 5.41) is 0. The number of aromatic amines is 1. The van der Waals surface area contributed by atoms with Crippen LogP contribution in [0.1, 0.15) is 76.2 Å². The standard InChI is InChI=1S/C29H38N4O4S/c1-20(2)15-17-38(36,37)32-25(19-28(35)33-16-9-14-26(33)22-10-5-4-6-11-22)27(34)18-21(3)29-30-23-12-7-8-13-24(23)31-29/h4-8,10-13,20-21,25-26,32H,9,14-19H2,1-3H3,(H,30,31)/t21-,25+,26-/m1/s1. The lowest BCUT2D eigenvalue weighted by Gasteiger charge is -2.27. The highest BCUT2D eigenvalue weighted by Gasteiger charge is 2.34. The van der Waals surface area contributed by atoms with Crippen molar-refractivity contribution in [2.45, 2.75) is 70.9 Å². The number of aromatic nitrogens is 2. The smallest absolute Gasteiger partial charge is 0.225 e. The molecule has 3 aromatic rings. The Balaban J connectivity index is 1.51. The van der Waals surface area contributed by atoms with Crippen molar-refractivity contribution in [3.05, 3.63) is 66.0 Å². The van der Waals surface area contributed by atoms with Crippen LogP contribution in [0.4, 0.5) is 0 Å². The molecule has 2 aromatic carbocycles. The van der Waals surface area contributed by atoms with Crippen molar-refractivity contribution >= 4 is 32.7 Å². The van der Waals surface area contributed by atoms with Crippen molar-refractivity contribution in [2.24, 2.45) is 5.92 Å². The lowest BCUT2D eigenvalue weighted by Crippen LogP contribution is -2.46. The first-order valence-electron chi connectivity index (χ1n) is 13.4. The second kappa shape index (κ2) is 12.2. The monoisotopic (exact) mass is 538 g/mol. The van der Waals surface area contributed by atoms with E-state index >= 15 is 0 Å². The van der Waals surface area contributed by atoms with E-state index < -0.39 is 16.1 Å². The van der Waals surface area contributed by atoms with Crippen molar-refractivity contribution in [1.29, 1.82) is 0 Å². The molecule has 1 saturated heterocycles. The predicted octanol–water partition coefficient (Wildman–Crippen LogP) is 4.71. The summed E-state index contributed by atoms with van der Waals surface area (Å²) in [7, 11) is -3.74. The third-order valence-electron chi connectivity index (χ3n) is 7.19. The molecule has 4 rings (SSSR count). The SMILES string of the molecule is CC(C)CCS(=O)(=O)N[C@@H](CC(=O)N1CCC[C@@H]1c1ccccc1)C(=O)C[C@@H](C)c1nc2ccccc2[nH]1. The van der Waals surface area contributed by atoms with Gasteiger partial charge in [0.05, 0.1) is 35.3 Å². The van der Waals surface area contributed by atoms with E-state index in [-0.39, 0.29) is 48.2 Å². The molecule has 38 heavy (non-hydrogen) atoms. The molecule has 2 heterocycles. The number of carbonyl (C=O) groups excluding carboxylic acids is 2. The van der Waals surface area contributed by atoms with Gasteiger partial charge in [-0.1, -0.05) is 63.2 Å². The predicted molar refractivity (Wildman–Crippen MR) is 149 cm³/mol. The summed E-state index contributed by atoms with van der Waals surface area (Å²) < 4.78 is 28.4. The van der Waals surface area contributed by atoms with Gasteiger partial charge in [-0.15, -0.1) is 0 Å². The second-order valence-corrected chi connectivity index (χ2v) is 12.6. The largest absolute Gasteiger partial charge is 0.342 e. The van der Waals surface area contributed by atoms with Gasteiger partial charge in [0.1, 0.15) is 5.82 Å². The minimum Gasteiger partial charge on any atom is -0.342 e. The Morgan fingerprint density at radius 1 is 1.05 bits per heavy atom. The van der Waals surface area contributed by atoms with E-state index in [1.165, 1.54) is 0 Å². The van der Waals surface area contributed by atoms with Crippen LogP contribution < -0.4 is 4.72 Å². The molecule has 1 fully saturated rings. The van der Waals surface area contributed by atoms with Gasteiger partial charge in [0.25, 0.3) is 0 Å². The Labute approximate surface area is 225 Å². The molecule has 0 radical (unpaired) electrons. The Kier molecular flexibility index (Phi) is 8.99. The molecule has 3 atom stereocenters. The Morgan fingerprint density at radius 3 is 2.47 bits per heavy atom. The van der Waals surface area contributed by atoms with E-state index in [1.54, 1.807) is 4.90 Å². The van der Waals surface area contributed by atoms with Gasteiger partial charge >= 0.3 is 0 Å². The van der Waals surface area contributed by atoms with Gasteiger partial charge in [0.15, 0.2) is 5.78 Å². The molecule has 0 saturated carbocycles. The number of hydrogen-bond donors (Lipinski definition) is 2. The minimum absolute atomic E-state index is 0.0621. The number of sulfonamides is 1. The first-order chi connectivity index (χ1) is 18.1. The Hall–Kier alpha value is -3.04. The molecule has 2 N–H and O–H groups in total. The van der Waals surface area contributed by atoms with Crippen molar-refractivity contribution in [3.8, 4) is 0 Å². The Morgan fingerprint density at radius 2 is 1.76 bits per heavy atom. The van der Waals surface area contributed by atoms with Crippen LogP contribution in [-0.2, 0) is 19.6 Å². The van der Waals surface area contributed by atoms with Crippen molar-refractivity contribution in [3.63, 3.8) is 0 Å². The average Bonchev–Trinajstić information content (AvgIpc) is 3.55. The second-order valence-electron chi connectivity index (χ2n) is 10.7. The van der Waals surface area contributed by atoms with E-state index in [4.69, 9.17) is 0 Å². The fourth-order valence-electron chi connectivity index (χ4n) is 5.01. The molecule has 9 heteroatoms. The number of nitrogens with one attached hydrogen (secondary N) is 2. The topological polar surface area (TPSA) is 112 Å². The summed E-state index contributed by atoms with van der Waals surface area (Å²) in [6, 6.07) is 16.3. The fraction of sp³-hybridized carbons (Fsp3) is 0.483. The minimum atomic E-state index is -3.74. The van der Waals surface area contributed by atoms with Crippen LogP contribution >= 0.6 is 0 Å². The van der Waals surface area contributed by atoms with Gasteiger partial charge < -0.3 is 9.88 Å². The molecule has 0 spiro atoms. The van der Waals surface area contributed by atoms with Gasteiger partial charge in [-0.25, -0.2) is 18.1 Å². The van der Waals surface area contributed by atoms with Gasteiger partial charge in [-0.2, -0.15) is 0 Å². The van der Waals surface area contributed by atoms with Gasteiger partial charge in [-0.3, -0.25) is 9.59 Å². The molecule has 1 aliphatic heterocycles. The first-order valence-corrected chi connectivity index (χ1v) is 15.1. The van der Waals surface area contributed by atoms with Crippen LogP contribution in [0.5, 0.6) is 0 Å². The normalized spacial score (nSPS) is 17.7. The highest BCUT2D eigenvalue weighted by molar-refractivity contribution is 7.89. The summed E-state index contributed by atoms with van der Waals surface area (Å²) >= 11 is 0. The number of hydrogen-bond acceptors (Lipinski definition) is 5. The van der Waals surface area contributed by atoms with Crippen LogP contribution in [0.3, 0.4) is 0 Å². The maximum Gasteiger partial charge on any atom is 0.225 e. The number of carbonyl (C=O) groups is 2. The summed E-state index contributed by atoms with van der Waals surface area (Å²) in [4.78, 5) is 36.6. The van der Waals surface area contributed by atoms with E-state index in [2.05, 4.69) is 14.7 Å². The number of imidazole rings is 1. The summed E-state index contributed by atoms with van der Waals surface area (Å²) in [5.74, 6) is -0.00952. The number of Topliss-reactive ketones (excluding diaryl/α,β-unsaturated/α-hetero) is 1. The zero-order chi connectivity index (χ0) is 27.3. The molecular formula is C29H38N4O4S. The number of H-pyrrole nitrogens is 1. The number of benzene rings is 2. The zero-order valence-electron chi connectivity index (χ0n) is 22.4. The number of ketones is 1. The van der Waals surface area contributed by atoms with Crippen molar-refractivity contribution in [2.75, 3.05) is 12.3 Å². The lowest BCUT2D eigenvalue weighted by atomic mass is 9.97. The number of rotatable bonds is 12. The van der Waals surface area contributed by atoms with Crippen molar-refractivity contribution < 1.29 is 18.0 Å². The number of para-hydroxylation sites is 2. The van der Waals surface area contributed by atoms with Gasteiger partial charge in [0, 0.05) is 18.9 Å². The van der Waals surface area contributed by atoms with E-state index in [9.17, 15) is 18.0 Å². The molecule has 1 aliphatic rings. The van der Waals surface area contributed by atoms with E-state index in [1.807, 2.05) is 75.4 Å². The number of likely N-dealkylation sites (tertiary alicyclic amines) is 1. The van der Waals surface area contributed by atoms with Crippen LogP contribution in [0.15, 0.2) is 54.6 Å². The highest BCUT2D eigenvalue weighted by Crippen LogP contribution is 2.32. The molecule has 0 unspecified atom stereocenters. The Bertz CT molecular complexity index is 1320. The molecule has 204 valence electrons. The summed E-state index contributed by atoms with van der Waals surface area (Å²) in [6.45, 7) is 6.38. The maximum absolute atomic E-state index is 13.5. The van der Waals surface area contributed by atoms with Gasteiger partial charge in [0.2, 0.25) is 15.9 Å². The molecule has 8 nitrogen and oxygen atoms in total. The third kappa shape index (κ3) is 7.08.